The molecular weight excluding hydrogens is 354 g/mol. The number of aromatic nitrogens is 2. The molecule has 0 aliphatic heterocycles. The van der Waals surface area contributed by atoms with Gasteiger partial charge in [0.05, 0.1) is 29.3 Å². The Bertz CT molecular complexity index is 856. The molecule has 128 valence electrons. The molecule has 0 aliphatic rings. The average molecular weight is 370 g/mol. The van der Waals surface area contributed by atoms with E-state index in [0.717, 1.165) is 6.20 Å². The highest BCUT2D eigenvalue weighted by atomic mass is 35.5. The molecule has 24 heavy (non-hydrogen) atoms. The summed E-state index contributed by atoms with van der Waals surface area (Å²) in [6, 6.07) is 6.85. The minimum Gasteiger partial charge on any atom is -0.492 e. The van der Waals surface area contributed by atoms with Gasteiger partial charge >= 0.3 is 0 Å². The molecule has 1 aromatic carbocycles. The maximum Gasteiger partial charge on any atom is 0.276 e. The van der Waals surface area contributed by atoms with E-state index in [1.165, 1.54) is 6.92 Å². The highest BCUT2D eigenvalue weighted by molar-refractivity contribution is 7.91. The van der Waals surface area contributed by atoms with Gasteiger partial charge in [0, 0.05) is 0 Å². The third-order valence-corrected chi connectivity index (χ3v) is 4.82. The number of hydrogen-bond acceptors (Lipinski definition) is 6. The molecule has 0 fully saturated rings. The maximum atomic E-state index is 12.4. The largest absolute Gasteiger partial charge is 0.492 e. The summed E-state index contributed by atoms with van der Waals surface area (Å²) in [4.78, 5) is 19.9. The number of benzene rings is 1. The van der Waals surface area contributed by atoms with Gasteiger partial charge in [0.25, 0.3) is 5.91 Å². The number of anilines is 1. The Hall–Kier alpha value is -2.19. The van der Waals surface area contributed by atoms with Crippen LogP contribution in [-0.2, 0) is 9.84 Å². The Morgan fingerprint density at radius 1 is 1.29 bits per heavy atom. The van der Waals surface area contributed by atoms with Crippen LogP contribution in [0.1, 0.15) is 24.3 Å². The highest BCUT2D eigenvalue weighted by Gasteiger charge is 2.21. The number of ether oxygens (including phenoxy) is 1. The summed E-state index contributed by atoms with van der Waals surface area (Å²) < 4.78 is 29.2. The van der Waals surface area contributed by atoms with Gasteiger partial charge in [0.1, 0.15) is 5.75 Å². The minimum absolute atomic E-state index is 0.0450. The number of halogens is 1. The lowest BCUT2D eigenvalue weighted by molar-refractivity contribution is 0.102. The van der Waals surface area contributed by atoms with Crippen LogP contribution in [-0.4, -0.2) is 36.7 Å². The van der Waals surface area contributed by atoms with Crippen molar-refractivity contribution in [1.29, 1.82) is 0 Å². The molecule has 0 unspecified atom stereocenters. The van der Waals surface area contributed by atoms with Crippen molar-refractivity contribution in [2.24, 2.45) is 0 Å². The van der Waals surface area contributed by atoms with Crippen molar-refractivity contribution in [2.75, 3.05) is 17.7 Å². The van der Waals surface area contributed by atoms with Crippen LogP contribution in [0.15, 0.2) is 35.6 Å². The normalized spacial score (nSPS) is 11.1. The Labute approximate surface area is 145 Å². The topological polar surface area (TPSA) is 98.2 Å². The standard InChI is InChI=1S/C15H16ClN3O4S/c1-3-23-12-8-6-5-7-11(12)18-14(20)13-10(16)9-17-15(19-13)24(21,22)4-2/h5-9H,3-4H2,1-2H3,(H,18,20). The van der Waals surface area contributed by atoms with E-state index >= 15 is 0 Å². The number of amides is 1. The van der Waals surface area contributed by atoms with E-state index in [4.69, 9.17) is 16.3 Å². The van der Waals surface area contributed by atoms with E-state index in [0.29, 0.717) is 18.0 Å². The number of para-hydroxylation sites is 2. The van der Waals surface area contributed by atoms with E-state index in [2.05, 4.69) is 15.3 Å². The van der Waals surface area contributed by atoms with Gasteiger partial charge in [0.2, 0.25) is 15.0 Å². The van der Waals surface area contributed by atoms with Crippen LogP contribution >= 0.6 is 11.6 Å². The Morgan fingerprint density at radius 2 is 2.00 bits per heavy atom. The molecule has 2 rings (SSSR count). The van der Waals surface area contributed by atoms with Crippen molar-refractivity contribution in [3.05, 3.63) is 41.2 Å². The Morgan fingerprint density at radius 3 is 2.67 bits per heavy atom. The van der Waals surface area contributed by atoms with Gasteiger partial charge < -0.3 is 10.1 Å². The summed E-state index contributed by atoms with van der Waals surface area (Å²) in [5, 5.41) is 2.14. The molecule has 0 spiro atoms. The number of rotatable bonds is 6. The van der Waals surface area contributed by atoms with Crippen molar-refractivity contribution in [2.45, 2.75) is 19.0 Å². The van der Waals surface area contributed by atoms with Crippen molar-refractivity contribution < 1.29 is 17.9 Å². The SMILES string of the molecule is CCOc1ccccc1NC(=O)c1nc(S(=O)(=O)CC)ncc1Cl. The van der Waals surface area contributed by atoms with Crippen LogP contribution in [0, 0.1) is 0 Å². The fourth-order valence-corrected chi connectivity index (χ4v) is 2.70. The molecule has 0 saturated carbocycles. The summed E-state index contributed by atoms with van der Waals surface area (Å²) in [5.74, 6) is -0.342. The number of sulfone groups is 1. The van der Waals surface area contributed by atoms with E-state index in [1.54, 1.807) is 24.3 Å². The third-order valence-electron chi connectivity index (χ3n) is 3.03. The zero-order valence-corrected chi connectivity index (χ0v) is 14.7. The lowest BCUT2D eigenvalue weighted by atomic mass is 10.2. The van der Waals surface area contributed by atoms with E-state index < -0.39 is 20.9 Å². The van der Waals surface area contributed by atoms with Crippen LogP contribution in [0.2, 0.25) is 5.02 Å². The minimum atomic E-state index is -3.65. The molecule has 1 N–H and O–H groups in total. The molecule has 0 saturated heterocycles. The van der Waals surface area contributed by atoms with Crippen LogP contribution in [0.4, 0.5) is 5.69 Å². The van der Waals surface area contributed by atoms with Gasteiger partial charge in [-0.15, -0.1) is 0 Å². The molecule has 0 aliphatic carbocycles. The van der Waals surface area contributed by atoms with Gasteiger partial charge in [-0.25, -0.2) is 18.4 Å². The van der Waals surface area contributed by atoms with Crippen LogP contribution in [0.5, 0.6) is 5.75 Å². The maximum absolute atomic E-state index is 12.4. The number of carbonyl (C=O) groups is 1. The Balaban J connectivity index is 2.36. The average Bonchev–Trinajstić information content (AvgIpc) is 2.57. The molecule has 9 heteroatoms. The zero-order valence-electron chi connectivity index (χ0n) is 13.1. The molecule has 1 aromatic heterocycles. The smallest absolute Gasteiger partial charge is 0.276 e. The molecule has 7 nitrogen and oxygen atoms in total. The van der Waals surface area contributed by atoms with Crippen LogP contribution in [0.3, 0.4) is 0 Å². The van der Waals surface area contributed by atoms with Crippen molar-refractivity contribution in [3.63, 3.8) is 0 Å². The molecule has 0 bridgehead atoms. The molecule has 0 radical (unpaired) electrons. The number of nitrogens with one attached hydrogen (secondary N) is 1. The monoisotopic (exact) mass is 369 g/mol. The van der Waals surface area contributed by atoms with Crippen LogP contribution in [0.25, 0.3) is 0 Å². The van der Waals surface area contributed by atoms with E-state index in [9.17, 15) is 13.2 Å². The predicted octanol–water partition coefficient (Wildman–Crippen LogP) is 2.57. The third kappa shape index (κ3) is 4.01. The fraction of sp³-hybridized carbons (Fsp3) is 0.267. The molecule has 0 atom stereocenters. The summed E-state index contributed by atoms with van der Waals surface area (Å²) in [6.45, 7) is 3.72. The number of nitrogens with zero attached hydrogens (tertiary/aromatic N) is 2. The first-order valence-electron chi connectivity index (χ1n) is 7.17. The van der Waals surface area contributed by atoms with E-state index in [1.807, 2.05) is 6.92 Å². The first-order chi connectivity index (χ1) is 11.4. The second-order valence-electron chi connectivity index (χ2n) is 4.64. The lowest BCUT2D eigenvalue weighted by Gasteiger charge is -2.11. The molecular formula is C15H16ClN3O4S. The summed E-state index contributed by atoms with van der Waals surface area (Å²) in [7, 11) is -3.65. The molecule has 1 heterocycles. The van der Waals surface area contributed by atoms with Crippen molar-refractivity contribution in [3.8, 4) is 5.75 Å². The molecule has 2 aromatic rings. The van der Waals surface area contributed by atoms with Crippen molar-refractivity contribution in [1.82, 2.24) is 9.97 Å². The summed E-state index contributed by atoms with van der Waals surface area (Å²) in [6.07, 6.45) is 1.10. The van der Waals surface area contributed by atoms with Crippen molar-refractivity contribution >= 4 is 33.0 Å². The first-order valence-corrected chi connectivity index (χ1v) is 9.20. The second kappa shape index (κ2) is 7.59. The second-order valence-corrected chi connectivity index (χ2v) is 7.22. The quantitative estimate of drug-likeness (QED) is 0.786. The van der Waals surface area contributed by atoms with Gasteiger partial charge in [0.15, 0.2) is 5.69 Å². The highest BCUT2D eigenvalue weighted by Crippen LogP contribution is 2.25. The first kappa shape index (κ1) is 18.2. The van der Waals surface area contributed by atoms with Gasteiger partial charge in [-0.2, -0.15) is 0 Å². The van der Waals surface area contributed by atoms with Gasteiger partial charge in [-0.05, 0) is 19.1 Å². The van der Waals surface area contributed by atoms with Crippen LogP contribution < -0.4 is 10.1 Å². The van der Waals surface area contributed by atoms with E-state index in [-0.39, 0.29) is 16.5 Å². The Kier molecular flexibility index (Phi) is 5.74. The zero-order chi connectivity index (χ0) is 17.7. The number of hydrogen-bond donors (Lipinski definition) is 1. The fourth-order valence-electron chi connectivity index (χ4n) is 1.82. The summed E-state index contributed by atoms with van der Waals surface area (Å²) in [5.41, 5.74) is 0.212. The summed E-state index contributed by atoms with van der Waals surface area (Å²) >= 11 is 5.94. The van der Waals surface area contributed by atoms with Gasteiger partial charge in [-0.3, -0.25) is 4.79 Å². The molecule has 1 amide bonds. The lowest BCUT2D eigenvalue weighted by Crippen LogP contribution is -2.18. The predicted molar refractivity (Wildman–Crippen MR) is 90.3 cm³/mol. The van der Waals surface area contributed by atoms with Gasteiger partial charge in [-0.1, -0.05) is 30.7 Å². The number of carbonyl (C=O) groups excluding carboxylic acids is 1.